The van der Waals surface area contributed by atoms with Gasteiger partial charge in [0.1, 0.15) is 5.82 Å². The molecule has 1 N–H and O–H groups in total. The van der Waals surface area contributed by atoms with Crippen LogP contribution in [0.3, 0.4) is 0 Å². The first-order valence-corrected chi connectivity index (χ1v) is 11.8. The van der Waals surface area contributed by atoms with E-state index in [1.54, 1.807) is 11.8 Å². The van der Waals surface area contributed by atoms with Crippen LogP contribution in [0.1, 0.15) is 62.5 Å². The van der Waals surface area contributed by atoms with Crippen molar-refractivity contribution in [2.45, 2.75) is 54.1 Å². The number of ketones is 1. The number of benzene rings is 2. The minimum absolute atomic E-state index is 0.156. The summed E-state index contributed by atoms with van der Waals surface area (Å²) in [5.41, 5.74) is 4.19. The topological polar surface area (TPSA) is 32.3 Å². The van der Waals surface area contributed by atoms with Crippen molar-refractivity contribution in [3.05, 3.63) is 94.6 Å². The number of hydrogen-bond acceptors (Lipinski definition) is 3. The van der Waals surface area contributed by atoms with Crippen molar-refractivity contribution < 1.29 is 22.4 Å². The van der Waals surface area contributed by atoms with Gasteiger partial charge < -0.3 is 10.2 Å². The number of alkyl halides is 3. The second-order valence-electron chi connectivity index (χ2n) is 9.13. The van der Waals surface area contributed by atoms with Gasteiger partial charge in [0.25, 0.3) is 0 Å². The molecule has 1 heterocycles. The molecule has 7 heteroatoms. The van der Waals surface area contributed by atoms with Crippen LogP contribution < -0.4 is 10.2 Å². The van der Waals surface area contributed by atoms with Crippen LogP contribution >= 0.6 is 0 Å². The van der Waals surface area contributed by atoms with Gasteiger partial charge in [0.05, 0.1) is 11.3 Å². The monoisotopic (exact) mass is 502 g/mol. The molecule has 1 aliphatic rings. The van der Waals surface area contributed by atoms with Gasteiger partial charge in [0.15, 0.2) is 5.78 Å². The summed E-state index contributed by atoms with van der Waals surface area (Å²) in [6.45, 7) is 15.3. The van der Waals surface area contributed by atoms with Crippen LogP contribution in [-0.2, 0) is 6.18 Å². The van der Waals surface area contributed by atoms with E-state index in [9.17, 15) is 22.4 Å². The molecule has 194 valence electrons. The van der Waals surface area contributed by atoms with Gasteiger partial charge in [-0.25, -0.2) is 4.39 Å². The molecule has 2 aromatic rings. The molecule has 0 amide bonds. The van der Waals surface area contributed by atoms with E-state index in [2.05, 4.69) is 24.9 Å². The summed E-state index contributed by atoms with van der Waals surface area (Å²) in [5, 5.41) is 3.13. The molecule has 0 aliphatic carbocycles. The zero-order valence-electron chi connectivity index (χ0n) is 21.7. The maximum Gasteiger partial charge on any atom is 0.416 e. The number of halogens is 4. The van der Waals surface area contributed by atoms with Crippen molar-refractivity contribution in [2.75, 3.05) is 11.4 Å². The van der Waals surface area contributed by atoms with Gasteiger partial charge in [0, 0.05) is 29.2 Å². The van der Waals surface area contributed by atoms with Gasteiger partial charge in [-0.3, -0.25) is 4.79 Å². The van der Waals surface area contributed by atoms with Crippen LogP contribution in [0.5, 0.6) is 0 Å². The Bertz CT molecular complexity index is 1180. The third kappa shape index (κ3) is 7.57. The predicted octanol–water partition coefficient (Wildman–Crippen LogP) is 8.49. The maximum atomic E-state index is 13.5. The van der Waals surface area contributed by atoms with Crippen LogP contribution in [0.2, 0.25) is 0 Å². The first-order valence-electron chi connectivity index (χ1n) is 11.8. The first kappa shape index (κ1) is 28.9. The number of carbonyl (C=O) groups excluding carboxylic acids is 1. The van der Waals surface area contributed by atoms with E-state index in [1.807, 2.05) is 26.8 Å². The number of rotatable bonds is 6. The fourth-order valence-corrected chi connectivity index (χ4v) is 3.65. The fourth-order valence-electron chi connectivity index (χ4n) is 3.65. The number of Topliss-reactive ketones (excluding diaryl/α,β-unsaturated/α-hetero) is 1. The fraction of sp³-hybridized carbons (Fsp3) is 0.345. The van der Waals surface area contributed by atoms with Crippen molar-refractivity contribution in [3.63, 3.8) is 0 Å². The molecule has 3 rings (SSSR count). The second kappa shape index (κ2) is 12.1. The highest BCUT2D eigenvalue weighted by Gasteiger charge is 2.32. The SMILES string of the molecule is C=C1C=CC(C)=C(C)N1.CCC(C)CN(c1ccc(F)cc1C)c1cc(C(F)(F)F)ccc1C(C)=O. The summed E-state index contributed by atoms with van der Waals surface area (Å²) in [4.78, 5) is 13.8. The molecule has 0 spiro atoms. The van der Waals surface area contributed by atoms with Gasteiger partial charge in [-0.15, -0.1) is 0 Å². The number of nitrogens with one attached hydrogen (secondary N) is 1. The smallest absolute Gasteiger partial charge is 0.359 e. The van der Waals surface area contributed by atoms with E-state index in [1.165, 1.54) is 42.5 Å². The zero-order valence-corrected chi connectivity index (χ0v) is 21.7. The molecular formula is C29H34F4N2O. The average Bonchev–Trinajstić information content (AvgIpc) is 2.79. The standard InChI is InChI=1S/C21H23F4NO.C8H11N/c1-5-13(2)12-26(19-9-7-17(22)10-14(19)3)20-11-16(21(23,24)25)6-8-18(20)15(4)27;1-6-4-5-7(2)9-8(6)3/h6-11,13H,5,12H2,1-4H3;4-5,9H,2H2,1,3H3. The van der Waals surface area contributed by atoms with Crippen molar-refractivity contribution in [2.24, 2.45) is 5.92 Å². The normalized spacial score (nSPS) is 14.1. The van der Waals surface area contributed by atoms with Crippen molar-refractivity contribution in [1.82, 2.24) is 5.32 Å². The third-order valence-electron chi connectivity index (χ3n) is 6.11. The molecule has 0 bridgehead atoms. The Kier molecular flexibility index (Phi) is 9.68. The highest BCUT2D eigenvalue weighted by Crippen LogP contribution is 2.38. The van der Waals surface area contributed by atoms with E-state index >= 15 is 0 Å². The summed E-state index contributed by atoms with van der Waals surface area (Å²) < 4.78 is 53.4. The lowest BCUT2D eigenvalue weighted by molar-refractivity contribution is -0.137. The summed E-state index contributed by atoms with van der Waals surface area (Å²) >= 11 is 0. The average molecular weight is 503 g/mol. The number of nitrogens with zero attached hydrogens (tertiary/aromatic N) is 1. The Labute approximate surface area is 211 Å². The van der Waals surface area contributed by atoms with Gasteiger partial charge in [0.2, 0.25) is 0 Å². The molecule has 0 saturated heterocycles. The van der Waals surface area contributed by atoms with Crippen LogP contribution in [0.15, 0.2) is 72.1 Å². The zero-order chi connectivity index (χ0) is 27.2. The highest BCUT2D eigenvalue weighted by atomic mass is 19.4. The quantitative estimate of drug-likeness (QED) is 0.317. The Balaban J connectivity index is 0.000000425. The van der Waals surface area contributed by atoms with Crippen molar-refractivity contribution in [1.29, 1.82) is 0 Å². The van der Waals surface area contributed by atoms with Gasteiger partial charge >= 0.3 is 6.18 Å². The van der Waals surface area contributed by atoms with E-state index in [4.69, 9.17) is 0 Å². The van der Waals surface area contributed by atoms with Crippen LogP contribution in [0, 0.1) is 18.7 Å². The van der Waals surface area contributed by atoms with E-state index in [-0.39, 0.29) is 23.0 Å². The number of hydrogen-bond donors (Lipinski definition) is 1. The van der Waals surface area contributed by atoms with Crippen molar-refractivity contribution >= 4 is 17.2 Å². The molecule has 36 heavy (non-hydrogen) atoms. The molecule has 1 unspecified atom stereocenters. The Morgan fingerprint density at radius 3 is 2.22 bits per heavy atom. The summed E-state index contributed by atoms with van der Waals surface area (Å²) in [6.07, 6.45) is 0.325. The molecule has 1 atom stereocenters. The Hall–Kier alpha value is -3.35. The van der Waals surface area contributed by atoms with Gasteiger partial charge in [-0.05, 0) is 87.2 Å². The minimum Gasteiger partial charge on any atom is -0.359 e. The second-order valence-corrected chi connectivity index (χ2v) is 9.13. The van der Waals surface area contributed by atoms with Crippen molar-refractivity contribution in [3.8, 4) is 0 Å². The highest BCUT2D eigenvalue weighted by molar-refractivity contribution is 6.00. The Morgan fingerprint density at radius 2 is 1.72 bits per heavy atom. The first-order chi connectivity index (χ1) is 16.7. The molecule has 0 saturated carbocycles. The summed E-state index contributed by atoms with van der Waals surface area (Å²) in [5.74, 6) is -0.591. The lowest BCUT2D eigenvalue weighted by atomic mass is 10.0. The molecular weight excluding hydrogens is 468 g/mol. The maximum absolute atomic E-state index is 13.5. The number of anilines is 2. The lowest BCUT2D eigenvalue weighted by Crippen LogP contribution is -2.26. The van der Waals surface area contributed by atoms with Gasteiger partial charge in [-0.1, -0.05) is 32.9 Å². The number of aryl methyl sites for hydroxylation is 1. The molecule has 1 aliphatic heterocycles. The summed E-state index contributed by atoms with van der Waals surface area (Å²) in [6, 6.07) is 7.27. The Morgan fingerprint density at radius 1 is 1.06 bits per heavy atom. The van der Waals surface area contributed by atoms with Crippen LogP contribution in [0.25, 0.3) is 0 Å². The number of carbonyl (C=O) groups is 1. The largest absolute Gasteiger partial charge is 0.416 e. The predicted molar refractivity (Wildman–Crippen MR) is 139 cm³/mol. The molecule has 2 aromatic carbocycles. The minimum atomic E-state index is -4.52. The number of allylic oxidation sites excluding steroid dienone is 4. The molecule has 3 nitrogen and oxygen atoms in total. The van der Waals surface area contributed by atoms with Gasteiger partial charge in [-0.2, -0.15) is 13.2 Å². The molecule has 0 radical (unpaired) electrons. The summed E-state index contributed by atoms with van der Waals surface area (Å²) in [7, 11) is 0. The number of dihydropyridines is 1. The lowest BCUT2D eigenvalue weighted by Gasteiger charge is -2.31. The third-order valence-corrected chi connectivity index (χ3v) is 6.11. The van der Waals surface area contributed by atoms with E-state index < -0.39 is 17.6 Å². The molecule has 0 fully saturated rings. The van der Waals surface area contributed by atoms with E-state index in [0.29, 0.717) is 17.8 Å². The van der Waals surface area contributed by atoms with Crippen LogP contribution in [0.4, 0.5) is 28.9 Å². The van der Waals surface area contributed by atoms with E-state index in [0.717, 1.165) is 24.3 Å². The van der Waals surface area contributed by atoms with Crippen LogP contribution in [-0.4, -0.2) is 12.3 Å². The molecule has 0 aromatic heterocycles.